The Balaban J connectivity index is 2.08. The van der Waals surface area contributed by atoms with Crippen LogP contribution in [0, 0.1) is 3.57 Å². The number of thiazole rings is 1. The van der Waals surface area contributed by atoms with Crippen LogP contribution in [-0.2, 0) is 4.74 Å². The van der Waals surface area contributed by atoms with Crippen LogP contribution in [0.4, 0.5) is 5.13 Å². The van der Waals surface area contributed by atoms with Crippen LogP contribution in [0.2, 0.25) is 0 Å². The van der Waals surface area contributed by atoms with Crippen molar-refractivity contribution < 1.29 is 4.74 Å². The molecule has 0 saturated carbocycles. The summed E-state index contributed by atoms with van der Waals surface area (Å²) in [7, 11) is 1.71. The van der Waals surface area contributed by atoms with E-state index in [-0.39, 0.29) is 6.04 Å². The summed E-state index contributed by atoms with van der Waals surface area (Å²) in [5, 5.41) is 6.34. The summed E-state index contributed by atoms with van der Waals surface area (Å²) in [6, 6.07) is 8.65. The summed E-state index contributed by atoms with van der Waals surface area (Å²) in [6.45, 7) is 2.76. The Morgan fingerprint density at radius 3 is 2.78 bits per heavy atom. The molecule has 0 spiro atoms. The molecule has 1 aromatic heterocycles. The van der Waals surface area contributed by atoms with E-state index in [9.17, 15) is 0 Å². The third-order valence-corrected chi connectivity index (χ3v) is 3.92. The first-order chi connectivity index (χ1) is 8.69. The lowest BCUT2D eigenvalue weighted by Crippen LogP contribution is -2.20. The minimum atomic E-state index is 0.269. The molecule has 0 unspecified atom stereocenters. The molecule has 5 heteroatoms. The van der Waals surface area contributed by atoms with Crippen LogP contribution in [0.15, 0.2) is 29.6 Å². The van der Waals surface area contributed by atoms with Crippen molar-refractivity contribution in [2.24, 2.45) is 0 Å². The Bertz CT molecular complexity index is 498. The zero-order chi connectivity index (χ0) is 13.0. The molecule has 1 atom stereocenters. The van der Waals surface area contributed by atoms with E-state index in [1.54, 1.807) is 18.4 Å². The van der Waals surface area contributed by atoms with Gasteiger partial charge in [-0.3, -0.25) is 0 Å². The lowest BCUT2D eigenvalue weighted by Gasteiger charge is -2.10. The van der Waals surface area contributed by atoms with Gasteiger partial charge in [0, 0.05) is 27.7 Å². The molecule has 96 valence electrons. The first-order valence-corrected chi connectivity index (χ1v) is 7.62. The van der Waals surface area contributed by atoms with E-state index >= 15 is 0 Å². The minimum Gasteiger partial charge on any atom is -0.383 e. The van der Waals surface area contributed by atoms with E-state index < -0.39 is 0 Å². The number of aromatic nitrogens is 1. The van der Waals surface area contributed by atoms with Crippen molar-refractivity contribution in [1.29, 1.82) is 0 Å². The number of halogens is 1. The van der Waals surface area contributed by atoms with Crippen molar-refractivity contribution in [1.82, 2.24) is 4.98 Å². The van der Waals surface area contributed by atoms with Gasteiger partial charge in [0.15, 0.2) is 5.13 Å². The van der Waals surface area contributed by atoms with E-state index in [4.69, 9.17) is 4.74 Å². The molecule has 0 aliphatic heterocycles. The first-order valence-electron chi connectivity index (χ1n) is 5.66. The maximum absolute atomic E-state index is 5.09. The molecular formula is C13H15IN2OS. The summed E-state index contributed by atoms with van der Waals surface area (Å²) >= 11 is 3.93. The van der Waals surface area contributed by atoms with Crippen LogP contribution in [0.1, 0.15) is 6.92 Å². The molecule has 18 heavy (non-hydrogen) atoms. The zero-order valence-electron chi connectivity index (χ0n) is 10.3. The maximum Gasteiger partial charge on any atom is 0.183 e. The van der Waals surface area contributed by atoms with Crippen molar-refractivity contribution >= 4 is 39.1 Å². The number of hydrogen-bond donors (Lipinski definition) is 1. The highest BCUT2D eigenvalue weighted by Crippen LogP contribution is 2.25. The van der Waals surface area contributed by atoms with Gasteiger partial charge in [0.25, 0.3) is 0 Å². The van der Waals surface area contributed by atoms with Gasteiger partial charge in [0.05, 0.1) is 12.3 Å². The summed E-state index contributed by atoms with van der Waals surface area (Å²) in [6.07, 6.45) is 0. The number of nitrogens with one attached hydrogen (secondary N) is 1. The third-order valence-electron chi connectivity index (χ3n) is 2.43. The average molecular weight is 374 g/mol. The number of nitrogens with zero attached hydrogens (tertiary/aromatic N) is 1. The molecule has 0 fully saturated rings. The fourth-order valence-electron chi connectivity index (χ4n) is 1.60. The molecule has 1 heterocycles. The summed E-state index contributed by atoms with van der Waals surface area (Å²) in [4.78, 5) is 4.58. The van der Waals surface area contributed by atoms with Gasteiger partial charge in [-0.1, -0.05) is 12.1 Å². The van der Waals surface area contributed by atoms with Gasteiger partial charge in [0.1, 0.15) is 0 Å². The third kappa shape index (κ3) is 3.66. The van der Waals surface area contributed by atoms with Crippen molar-refractivity contribution in [2.75, 3.05) is 19.0 Å². The Kier molecular flexibility index (Phi) is 4.96. The van der Waals surface area contributed by atoms with Crippen LogP contribution in [-0.4, -0.2) is 24.7 Å². The number of rotatable bonds is 5. The highest BCUT2D eigenvalue weighted by molar-refractivity contribution is 14.1. The lowest BCUT2D eigenvalue weighted by atomic mass is 10.2. The molecule has 2 rings (SSSR count). The molecule has 0 saturated heterocycles. The summed E-state index contributed by atoms with van der Waals surface area (Å²) in [5.74, 6) is 0. The van der Waals surface area contributed by atoms with Gasteiger partial charge in [-0.05, 0) is 41.6 Å². The molecule has 1 aromatic carbocycles. The van der Waals surface area contributed by atoms with E-state index in [1.807, 2.05) is 0 Å². The van der Waals surface area contributed by atoms with E-state index in [0.717, 1.165) is 16.4 Å². The van der Waals surface area contributed by atoms with Crippen LogP contribution in [0.3, 0.4) is 0 Å². The Hall–Kier alpha value is -0.660. The molecule has 0 aliphatic rings. The van der Waals surface area contributed by atoms with Crippen LogP contribution in [0.5, 0.6) is 0 Å². The summed E-state index contributed by atoms with van der Waals surface area (Å²) in [5.41, 5.74) is 2.17. The average Bonchev–Trinajstić information content (AvgIpc) is 2.78. The molecule has 0 amide bonds. The van der Waals surface area contributed by atoms with Gasteiger partial charge in [-0.25, -0.2) is 4.98 Å². The predicted molar refractivity (Wildman–Crippen MR) is 85.2 cm³/mol. The van der Waals surface area contributed by atoms with Crippen LogP contribution >= 0.6 is 33.9 Å². The second-order valence-electron chi connectivity index (χ2n) is 4.05. The highest BCUT2D eigenvalue weighted by atomic mass is 127. The largest absolute Gasteiger partial charge is 0.383 e. The second kappa shape index (κ2) is 6.49. The first kappa shape index (κ1) is 13.8. The van der Waals surface area contributed by atoms with Crippen molar-refractivity contribution in [3.63, 3.8) is 0 Å². The van der Waals surface area contributed by atoms with Gasteiger partial charge in [-0.2, -0.15) is 0 Å². The number of benzene rings is 1. The lowest BCUT2D eigenvalue weighted by molar-refractivity contribution is 0.190. The SMILES string of the molecule is COC[C@H](C)Nc1nc(-c2ccc(I)cc2)cs1. The number of ether oxygens (including phenoxy) is 1. The maximum atomic E-state index is 5.09. The second-order valence-corrected chi connectivity index (χ2v) is 6.15. The van der Waals surface area contributed by atoms with E-state index in [0.29, 0.717) is 6.61 Å². The normalized spacial score (nSPS) is 12.4. The molecule has 3 nitrogen and oxygen atoms in total. The van der Waals surface area contributed by atoms with Gasteiger partial charge in [0.2, 0.25) is 0 Å². The highest BCUT2D eigenvalue weighted by Gasteiger charge is 2.07. The topological polar surface area (TPSA) is 34.1 Å². The van der Waals surface area contributed by atoms with Crippen LogP contribution < -0.4 is 5.32 Å². The van der Waals surface area contributed by atoms with E-state index in [2.05, 4.69) is 69.5 Å². The molecule has 0 bridgehead atoms. The van der Waals surface area contributed by atoms with Crippen LogP contribution in [0.25, 0.3) is 11.3 Å². The summed E-state index contributed by atoms with van der Waals surface area (Å²) < 4.78 is 6.33. The quantitative estimate of drug-likeness (QED) is 0.808. The minimum absolute atomic E-state index is 0.269. The van der Waals surface area contributed by atoms with E-state index in [1.165, 1.54) is 3.57 Å². The Labute approximate surface area is 125 Å². The number of hydrogen-bond acceptors (Lipinski definition) is 4. The van der Waals surface area contributed by atoms with Crippen molar-refractivity contribution in [2.45, 2.75) is 13.0 Å². The molecule has 0 radical (unpaired) electrons. The molecule has 2 aromatic rings. The van der Waals surface area contributed by atoms with Crippen molar-refractivity contribution in [3.8, 4) is 11.3 Å². The molecular weight excluding hydrogens is 359 g/mol. The zero-order valence-corrected chi connectivity index (χ0v) is 13.3. The number of methoxy groups -OCH3 is 1. The van der Waals surface area contributed by atoms with Gasteiger partial charge < -0.3 is 10.1 Å². The molecule has 1 N–H and O–H groups in total. The van der Waals surface area contributed by atoms with Gasteiger partial charge in [-0.15, -0.1) is 11.3 Å². The predicted octanol–water partition coefficient (Wildman–Crippen LogP) is 3.86. The van der Waals surface area contributed by atoms with Crippen molar-refractivity contribution in [3.05, 3.63) is 33.2 Å². The Morgan fingerprint density at radius 1 is 1.39 bits per heavy atom. The van der Waals surface area contributed by atoms with Gasteiger partial charge >= 0.3 is 0 Å². The fourth-order valence-corrected chi connectivity index (χ4v) is 2.79. The number of anilines is 1. The molecule has 0 aliphatic carbocycles. The Morgan fingerprint density at radius 2 is 2.11 bits per heavy atom. The smallest absolute Gasteiger partial charge is 0.183 e. The fraction of sp³-hybridized carbons (Fsp3) is 0.308. The standard InChI is InChI=1S/C13H15IN2OS/c1-9(7-17-2)15-13-16-12(8-18-13)10-3-5-11(14)6-4-10/h3-6,8-9H,7H2,1-2H3,(H,15,16)/t9-/m0/s1. The monoisotopic (exact) mass is 374 g/mol.